The van der Waals surface area contributed by atoms with Crippen LogP contribution in [0.4, 0.5) is 5.82 Å². The van der Waals surface area contributed by atoms with Crippen LogP contribution in [0.15, 0.2) is 34.6 Å². The second-order valence-corrected chi connectivity index (χ2v) is 1.86. The van der Waals surface area contributed by atoms with E-state index in [4.69, 9.17) is 5.53 Å². The van der Waals surface area contributed by atoms with E-state index in [9.17, 15) is 0 Å². The Balaban J connectivity index is 0. The number of aromatic nitrogens is 1. The van der Waals surface area contributed by atoms with Crippen LogP contribution in [0.1, 0.15) is 0 Å². The van der Waals surface area contributed by atoms with Gasteiger partial charge in [0.2, 0.25) is 0 Å². The van der Waals surface area contributed by atoms with Gasteiger partial charge in [-0.3, -0.25) is 0 Å². The highest BCUT2D eigenvalue weighted by Crippen LogP contribution is 1.95. The maximum absolute atomic E-state index is 6.00. The fourth-order valence-corrected chi connectivity index (χ4v) is 0.544. The predicted octanol–water partition coefficient (Wildman–Crippen LogP) is 1.46. The predicted molar refractivity (Wildman–Crippen MR) is 58.9 cm³/mol. The summed E-state index contributed by atoms with van der Waals surface area (Å²) < 4.78 is 0. The van der Waals surface area contributed by atoms with E-state index >= 15 is 0 Å². The first-order valence-electron chi connectivity index (χ1n) is 3.52. The molecule has 6 nitrogen and oxygen atoms in total. The molecule has 0 saturated carbocycles. The average Bonchev–Trinajstić information content (AvgIpc) is 2.21. The maximum Gasteiger partial charge on any atom is 0.156 e. The van der Waals surface area contributed by atoms with Crippen LogP contribution in [0.3, 0.4) is 0 Å². The van der Waals surface area contributed by atoms with E-state index < -0.39 is 0 Å². The molecule has 0 bridgehead atoms. The van der Waals surface area contributed by atoms with Crippen molar-refractivity contribution in [3.05, 3.63) is 24.4 Å². The van der Waals surface area contributed by atoms with Gasteiger partial charge in [0, 0.05) is 13.2 Å². The number of rotatable bonds is 2. The monoisotopic (exact) mass is 216 g/mol. The molecule has 4 N–H and O–H groups in total. The maximum atomic E-state index is 6.00. The molecule has 0 aliphatic carbocycles. The molecular weight excluding hydrogens is 204 g/mol. The summed E-state index contributed by atoms with van der Waals surface area (Å²) in [5.41, 5.74) is 6.00. The van der Waals surface area contributed by atoms with E-state index in [-0.39, 0.29) is 12.4 Å². The molecule has 0 atom stereocenters. The lowest BCUT2D eigenvalue weighted by atomic mass is 10.5. The van der Waals surface area contributed by atoms with Crippen molar-refractivity contribution in [2.24, 2.45) is 16.1 Å². The van der Waals surface area contributed by atoms with Gasteiger partial charge in [0.1, 0.15) is 5.82 Å². The second kappa shape index (κ2) is 11.3. The van der Waals surface area contributed by atoms with Gasteiger partial charge in [-0.25, -0.2) is 10.5 Å². The molecule has 0 fully saturated rings. The third-order valence-electron chi connectivity index (χ3n) is 1.05. The summed E-state index contributed by atoms with van der Waals surface area (Å²) in [5, 5.41) is 8.48. The summed E-state index contributed by atoms with van der Waals surface area (Å²) in [7, 11) is 1.85. The van der Waals surface area contributed by atoms with Crippen LogP contribution in [0, 0.1) is 5.53 Å². The van der Waals surface area contributed by atoms with E-state index in [0.29, 0.717) is 0 Å². The molecule has 0 saturated heterocycles. The molecule has 0 spiro atoms. The van der Waals surface area contributed by atoms with Crippen LogP contribution >= 0.6 is 12.4 Å². The Labute approximate surface area is 88.5 Å². The van der Waals surface area contributed by atoms with E-state index in [1.165, 1.54) is 0 Å². The minimum absolute atomic E-state index is 0. The van der Waals surface area contributed by atoms with Gasteiger partial charge >= 0.3 is 0 Å². The van der Waals surface area contributed by atoms with E-state index in [1.54, 1.807) is 6.20 Å². The first-order valence-corrected chi connectivity index (χ1v) is 3.52. The zero-order chi connectivity index (χ0) is 9.94. The van der Waals surface area contributed by atoms with Crippen LogP contribution in [0.5, 0.6) is 0 Å². The average molecular weight is 217 g/mol. The number of pyridine rings is 1. The smallest absolute Gasteiger partial charge is 0.156 e. The van der Waals surface area contributed by atoms with Crippen molar-refractivity contribution < 1.29 is 0 Å². The van der Waals surface area contributed by atoms with Crippen molar-refractivity contribution in [2.75, 3.05) is 12.4 Å². The Bertz CT molecular complexity index is 250. The summed E-state index contributed by atoms with van der Waals surface area (Å²) in [6, 6.07) is 5.75. The molecule has 0 aromatic carbocycles. The van der Waals surface area contributed by atoms with Crippen molar-refractivity contribution in [1.29, 1.82) is 5.53 Å². The van der Waals surface area contributed by atoms with Crippen molar-refractivity contribution in [3.8, 4) is 0 Å². The van der Waals surface area contributed by atoms with Gasteiger partial charge in [-0.15, -0.1) is 17.5 Å². The van der Waals surface area contributed by atoms with Crippen LogP contribution in [-0.4, -0.2) is 18.4 Å². The minimum atomic E-state index is 0. The molecule has 1 aromatic heterocycles. The zero-order valence-electron chi connectivity index (χ0n) is 7.71. The molecule has 1 heterocycles. The van der Waals surface area contributed by atoms with Gasteiger partial charge in [0.15, 0.2) is 6.34 Å². The summed E-state index contributed by atoms with van der Waals surface area (Å²) in [4.78, 5) is 3.99. The third-order valence-corrected chi connectivity index (χ3v) is 1.05. The number of hydrazone groups is 1. The van der Waals surface area contributed by atoms with Crippen LogP contribution in [0.25, 0.3) is 0 Å². The summed E-state index contributed by atoms with van der Waals surface area (Å²) in [5.74, 6) is 5.40. The standard InChI is InChI=1S/C6H8N2.CH4N4.ClH/c1-7-6-4-2-3-5-8-6;2-4-1-5-3;/h2-5H,1H3,(H,7,8);1-2H,3H2;1H. The summed E-state index contributed by atoms with van der Waals surface area (Å²) >= 11 is 0. The fraction of sp³-hybridized carbons (Fsp3) is 0.143. The molecule has 14 heavy (non-hydrogen) atoms. The van der Waals surface area contributed by atoms with E-state index in [0.717, 1.165) is 12.2 Å². The van der Waals surface area contributed by atoms with Crippen molar-refractivity contribution in [2.45, 2.75) is 0 Å². The first-order chi connectivity index (χ1) is 6.35. The fourth-order valence-electron chi connectivity index (χ4n) is 0.544. The zero-order valence-corrected chi connectivity index (χ0v) is 8.53. The van der Waals surface area contributed by atoms with Gasteiger partial charge in [-0.1, -0.05) is 6.07 Å². The van der Waals surface area contributed by atoms with Gasteiger partial charge < -0.3 is 11.2 Å². The molecule has 0 aliphatic rings. The highest BCUT2D eigenvalue weighted by molar-refractivity contribution is 5.85. The van der Waals surface area contributed by atoms with Gasteiger partial charge in [0.05, 0.1) is 0 Å². The molecular formula is C7H13ClN6. The van der Waals surface area contributed by atoms with Gasteiger partial charge in [0.25, 0.3) is 0 Å². The number of nitrogens with zero attached hydrogens (tertiary/aromatic N) is 3. The third kappa shape index (κ3) is 8.41. The van der Waals surface area contributed by atoms with Crippen molar-refractivity contribution >= 4 is 24.6 Å². The quantitative estimate of drug-likeness (QED) is 0.229. The Kier molecular flexibility index (Phi) is 12.0. The topological polar surface area (TPSA) is 99.5 Å². The molecule has 0 radical (unpaired) electrons. The molecule has 7 heteroatoms. The minimum Gasteiger partial charge on any atom is -0.373 e. The first kappa shape index (κ1) is 14.8. The van der Waals surface area contributed by atoms with Crippen LogP contribution in [-0.2, 0) is 0 Å². The lowest BCUT2D eigenvalue weighted by Crippen LogP contribution is -1.88. The number of nitrogens with one attached hydrogen (secondary N) is 2. The molecule has 1 aromatic rings. The van der Waals surface area contributed by atoms with Crippen LogP contribution < -0.4 is 11.2 Å². The lowest BCUT2D eigenvalue weighted by Gasteiger charge is -1.92. The molecule has 1 rings (SSSR count). The highest BCUT2D eigenvalue weighted by atomic mass is 35.5. The van der Waals surface area contributed by atoms with Crippen molar-refractivity contribution in [1.82, 2.24) is 4.98 Å². The molecule has 0 unspecified atom stereocenters. The number of nitrogens with two attached hydrogens (primary N) is 1. The lowest BCUT2D eigenvalue weighted by molar-refractivity contribution is 1.17. The normalized spacial score (nSPS) is 8.07. The Morgan fingerprint density at radius 2 is 2.29 bits per heavy atom. The number of hydrogen-bond acceptors (Lipinski definition) is 5. The second-order valence-electron chi connectivity index (χ2n) is 1.86. The molecule has 0 amide bonds. The molecule has 78 valence electrons. The Hall–Kier alpha value is -1.69. The van der Waals surface area contributed by atoms with Gasteiger partial charge in [-0.2, -0.15) is 5.10 Å². The van der Waals surface area contributed by atoms with E-state index in [2.05, 4.69) is 26.4 Å². The summed E-state index contributed by atoms with van der Waals surface area (Å²) in [6.07, 6.45) is 2.70. The SMILES string of the molecule is CNc1ccccn1.Cl.N=NC=NN. The number of halogens is 1. The summed E-state index contributed by atoms with van der Waals surface area (Å²) in [6.45, 7) is 0. The molecule has 0 aliphatic heterocycles. The number of anilines is 1. The largest absolute Gasteiger partial charge is 0.373 e. The highest BCUT2D eigenvalue weighted by Gasteiger charge is 1.79. The Morgan fingerprint density at radius 3 is 2.50 bits per heavy atom. The Morgan fingerprint density at radius 1 is 1.57 bits per heavy atom. The van der Waals surface area contributed by atoms with Crippen LogP contribution in [0.2, 0.25) is 0 Å². The van der Waals surface area contributed by atoms with E-state index in [1.807, 2.05) is 25.2 Å². The number of hydrogen-bond donors (Lipinski definition) is 3. The van der Waals surface area contributed by atoms with Crippen molar-refractivity contribution in [3.63, 3.8) is 0 Å². The van der Waals surface area contributed by atoms with Gasteiger partial charge in [-0.05, 0) is 12.1 Å².